The molecule has 0 aromatic heterocycles. The number of esters is 1. The molecule has 2 aromatic rings. The summed E-state index contributed by atoms with van der Waals surface area (Å²) in [6.07, 6.45) is 0. The van der Waals surface area contributed by atoms with Gasteiger partial charge in [-0.15, -0.1) is 0 Å². The first-order chi connectivity index (χ1) is 14.4. The van der Waals surface area contributed by atoms with Crippen LogP contribution in [0.15, 0.2) is 36.4 Å². The molecule has 11 heteroatoms. The number of nitro benzene ring substituents is 1. The molecule has 30 heavy (non-hydrogen) atoms. The monoisotopic (exact) mass is 419 g/mol. The minimum absolute atomic E-state index is 0.121. The molecule has 0 unspecified atom stereocenters. The van der Waals surface area contributed by atoms with Crippen molar-refractivity contribution in [2.24, 2.45) is 0 Å². The molecule has 0 saturated heterocycles. The minimum atomic E-state index is -0.933. The summed E-state index contributed by atoms with van der Waals surface area (Å²) in [6.45, 7) is -0.714. The van der Waals surface area contributed by atoms with Crippen LogP contribution in [-0.2, 0) is 9.53 Å². The number of ether oxygens (including phenoxy) is 3. The maximum atomic E-state index is 12.4. The van der Waals surface area contributed by atoms with Crippen LogP contribution in [-0.4, -0.2) is 55.9 Å². The number of rotatable bonds is 10. The molecule has 0 aliphatic carbocycles. The van der Waals surface area contributed by atoms with Gasteiger partial charge in [0.05, 0.1) is 31.3 Å². The Morgan fingerprint density at radius 2 is 1.77 bits per heavy atom. The first kappa shape index (κ1) is 22.4. The number of non-ortho nitro benzene ring substituents is 1. The van der Waals surface area contributed by atoms with E-state index in [0.717, 1.165) is 6.07 Å². The molecule has 11 nitrogen and oxygen atoms in total. The van der Waals surface area contributed by atoms with Crippen molar-refractivity contribution < 1.29 is 33.8 Å². The fraction of sp³-hybridized carbons (Fsp3) is 0.263. The first-order valence-corrected chi connectivity index (χ1v) is 8.71. The lowest BCUT2D eigenvalue weighted by Crippen LogP contribution is -2.21. The molecule has 0 bridgehead atoms. The number of carbonyl (C=O) groups excluding carboxylic acids is 2. The number of anilines is 2. The third-order valence-corrected chi connectivity index (χ3v) is 3.83. The summed E-state index contributed by atoms with van der Waals surface area (Å²) in [4.78, 5) is 34.9. The van der Waals surface area contributed by atoms with Gasteiger partial charge in [0.25, 0.3) is 11.6 Å². The number of aliphatic hydroxyl groups excluding tert-OH is 1. The van der Waals surface area contributed by atoms with Crippen LogP contribution in [0, 0.1) is 10.1 Å². The molecule has 2 rings (SSSR count). The predicted octanol–water partition coefficient (Wildman–Crippen LogP) is 1.81. The van der Waals surface area contributed by atoms with Crippen LogP contribution in [0.3, 0.4) is 0 Å². The van der Waals surface area contributed by atoms with Gasteiger partial charge in [0.1, 0.15) is 11.5 Å². The quantitative estimate of drug-likeness (QED) is 0.298. The fourth-order valence-electron chi connectivity index (χ4n) is 2.44. The van der Waals surface area contributed by atoms with Gasteiger partial charge >= 0.3 is 5.97 Å². The van der Waals surface area contributed by atoms with Crippen LogP contribution in [0.5, 0.6) is 11.5 Å². The van der Waals surface area contributed by atoms with Gasteiger partial charge in [-0.05, 0) is 6.07 Å². The van der Waals surface area contributed by atoms with Gasteiger partial charge in [0.2, 0.25) is 0 Å². The van der Waals surface area contributed by atoms with E-state index < -0.39 is 23.4 Å². The smallest absolute Gasteiger partial charge is 0.341 e. The van der Waals surface area contributed by atoms with Gasteiger partial charge in [-0.1, -0.05) is 0 Å². The highest BCUT2D eigenvalue weighted by molar-refractivity contribution is 5.99. The topological polar surface area (TPSA) is 149 Å². The molecule has 0 atom stereocenters. The molecular formula is C19H21N3O8. The maximum Gasteiger partial charge on any atom is 0.341 e. The molecule has 0 spiro atoms. The molecular weight excluding hydrogens is 398 g/mol. The number of methoxy groups -OCH3 is 2. The standard InChI is InChI=1S/C19H21N3O8/c1-28-14-7-12(8-15(10-14)29-2)21-18(24)11-30-19(25)16-9-13(22(26)27)3-4-17(16)20-5-6-23/h3-4,7-10,20,23H,5-6,11H2,1-2H3,(H,21,24). The van der Waals surface area contributed by atoms with Gasteiger partial charge in [-0.25, -0.2) is 4.79 Å². The highest BCUT2D eigenvalue weighted by Gasteiger charge is 2.19. The van der Waals surface area contributed by atoms with Gasteiger partial charge in [-0.3, -0.25) is 14.9 Å². The normalized spacial score (nSPS) is 10.1. The molecule has 0 radical (unpaired) electrons. The van der Waals surface area contributed by atoms with Crippen molar-refractivity contribution >= 4 is 28.9 Å². The van der Waals surface area contributed by atoms with Crippen molar-refractivity contribution in [1.82, 2.24) is 0 Å². The van der Waals surface area contributed by atoms with Crippen molar-refractivity contribution in [2.75, 3.05) is 44.6 Å². The second kappa shape index (κ2) is 10.6. The van der Waals surface area contributed by atoms with E-state index in [-0.39, 0.29) is 30.1 Å². The summed E-state index contributed by atoms with van der Waals surface area (Å²) < 4.78 is 15.2. The molecule has 0 saturated carbocycles. The molecule has 0 heterocycles. The summed E-state index contributed by atoms with van der Waals surface area (Å²) in [5.74, 6) is -0.651. The largest absolute Gasteiger partial charge is 0.497 e. The van der Waals surface area contributed by atoms with Crippen molar-refractivity contribution in [3.8, 4) is 11.5 Å². The number of nitro groups is 1. The van der Waals surface area contributed by atoms with E-state index in [1.165, 1.54) is 26.4 Å². The zero-order valence-corrected chi connectivity index (χ0v) is 16.3. The van der Waals surface area contributed by atoms with Crippen molar-refractivity contribution in [1.29, 1.82) is 0 Å². The molecule has 160 valence electrons. The Kier molecular flexibility index (Phi) is 7.94. The average Bonchev–Trinajstić information content (AvgIpc) is 2.75. The SMILES string of the molecule is COc1cc(NC(=O)COC(=O)c2cc([N+](=O)[O-])ccc2NCCO)cc(OC)c1. The van der Waals surface area contributed by atoms with E-state index in [1.807, 2.05) is 0 Å². The number of amides is 1. The van der Waals surface area contributed by atoms with Crippen molar-refractivity contribution in [2.45, 2.75) is 0 Å². The van der Waals surface area contributed by atoms with Gasteiger partial charge in [0, 0.05) is 48.3 Å². The maximum absolute atomic E-state index is 12.4. The van der Waals surface area contributed by atoms with E-state index in [1.54, 1.807) is 18.2 Å². The highest BCUT2D eigenvalue weighted by Crippen LogP contribution is 2.26. The van der Waals surface area contributed by atoms with Crippen molar-refractivity contribution in [3.63, 3.8) is 0 Å². The Morgan fingerprint density at radius 3 is 2.33 bits per heavy atom. The van der Waals surface area contributed by atoms with Gasteiger partial charge in [-0.2, -0.15) is 0 Å². The van der Waals surface area contributed by atoms with E-state index in [0.29, 0.717) is 17.2 Å². The highest BCUT2D eigenvalue weighted by atomic mass is 16.6. The van der Waals surface area contributed by atoms with Crippen LogP contribution in [0.4, 0.5) is 17.1 Å². The molecule has 0 fully saturated rings. The number of carbonyl (C=O) groups is 2. The minimum Gasteiger partial charge on any atom is -0.497 e. The van der Waals surface area contributed by atoms with Crippen LogP contribution in [0.1, 0.15) is 10.4 Å². The second-order valence-electron chi connectivity index (χ2n) is 5.86. The van der Waals surface area contributed by atoms with Crippen molar-refractivity contribution in [3.05, 3.63) is 52.1 Å². The van der Waals surface area contributed by atoms with Gasteiger partial charge < -0.3 is 30.0 Å². The van der Waals surface area contributed by atoms with Crippen LogP contribution in [0.2, 0.25) is 0 Å². The van der Waals surface area contributed by atoms with Crippen LogP contribution in [0.25, 0.3) is 0 Å². The second-order valence-corrected chi connectivity index (χ2v) is 5.86. The first-order valence-electron chi connectivity index (χ1n) is 8.71. The van der Waals surface area contributed by atoms with E-state index in [4.69, 9.17) is 19.3 Å². The molecule has 0 aliphatic heterocycles. The Labute approximate surface area is 171 Å². The number of hydrogen-bond donors (Lipinski definition) is 3. The van der Waals surface area contributed by atoms with Gasteiger partial charge in [0.15, 0.2) is 6.61 Å². The number of aliphatic hydroxyl groups is 1. The van der Waals surface area contributed by atoms with Crippen LogP contribution >= 0.6 is 0 Å². The Morgan fingerprint density at radius 1 is 1.10 bits per heavy atom. The molecule has 2 aromatic carbocycles. The summed E-state index contributed by atoms with van der Waals surface area (Å²) in [5, 5.41) is 25.2. The summed E-state index contributed by atoms with van der Waals surface area (Å²) in [6, 6.07) is 8.30. The summed E-state index contributed by atoms with van der Waals surface area (Å²) in [5.41, 5.74) is 0.156. The lowest BCUT2D eigenvalue weighted by Gasteiger charge is -2.12. The van der Waals surface area contributed by atoms with E-state index in [2.05, 4.69) is 10.6 Å². The number of hydrogen-bond acceptors (Lipinski definition) is 9. The number of nitrogens with zero attached hydrogens (tertiary/aromatic N) is 1. The molecule has 3 N–H and O–H groups in total. The molecule has 0 aliphatic rings. The van der Waals surface area contributed by atoms with E-state index in [9.17, 15) is 19.7 Å². The Bertz CT molecular complexity index is 910. The Hall–Kier alpha value is -3.86. The fourth-order valence-corrected chi connectivity index (χ4v) is 2.44. The third kappa shape index (κ3) is 6.07. The predicted molar refractivity (Wildman–Crippen MR) is 107 cm³/mol. The zero-order chi connectivity index (χ0) is 22.1. The number of nitrogens with one attached hydrogen (secondary N) is 2. The Balaban J connectivity index is 2.08. The zero-order valence-electron chi connectivity index (χ0n) is 16.3. The summed E-state index contributed by atoms with van der Waals surface area (Å²) in [7, 11) is 2.92. The van der Waals surface area contributed by atoms with Crippen LogP contribution < -0.4 is 20.1 Å². The summed E-state index contributed by atoms with van der Waals surface area (Å²) >= 11 is 0. The lowest BCUT2D eigenvalue weighted by molar-refractivity contribution is -0.384. The van der Waals surface area contributed by atoms with E-state index >= 15 is 0 Å². The molecule has 1 amide bonds. The lowest BCUT2D eigenvalue weighted by atomic mass is 10.1. The average molecular weight is 419 g/mol. The number of benzene rings is 2. The third-order valence-electron chi connectivity index (χ3n) is 3.83.